The normalized spacial score (nSPS) is 11.0. The molecular weight excluding hydrogens is 237 g/mol. The van der Waals surface area contributed by atoms with Crippen LogP contribution in [0.4, 0.5) is 13.2 Å². The number of alkyl halides is 3. The van der Waals surface area contributed by atoms with Gasteiger partial charge < -0.3 is 5.32 Å². The first-order valence-corrected chi connectivity index (χ1v) is 4.65. The third-order valence-corrected chi connectivity index (χ3v) is 1.91. The Morgan fingerprint density at radius 3 is 2.29 bits per heavy atom. The minimum atomic E-state index is -4.43. The SMILES string of the molecule is O=NCc1ccc(C(=O)NCC(F)(F)F)cc1. The van der Waals surface area contributed by atoms with Crippen molar-refractivity contribution in [2.24, 2.45) is 5.18 Å². The summed E-state index contributed by atoms with van der Waals surface area (Å²) in [6, 6.07) is 5.60. The minimum absolute atomic E-state index is 0.0373. The lowest BCUT2D eigenvalue weighted by Crippen LogP contribution is -2.33. The molecule has 1 amide bonds. The third kappa shape index (κ3) is 4.62. The summed E-state index contributed by atoms with van der Waals surface area (Å²) in [5.41, 5.74) is 0.691. The van der Waals surface area contributed by atoms with Gasteiger partial charge in [-0.1, -0.05) is 17.3 Å². The van der Waals surface area contributed by atoms with Gasteiger partial charge in [-0.05, 0) is 17.7 Å². The standard InChI is InChI=1S/C10H9F3N2O2/c11-10(12,13)6-14-9(16)8-3-1-7(2-4-8)5-15-17/h1-4H,5-6H2,(H,14,16). The Hall–Kier alpha value is -1.92. The first-order chi connectivity index (χ1) is 7.92. The quantitative estimate of drug-likeness (QED) is 0.828. The van der Waals surface area contributed by atoms with Crippen LogP contribution in [-0.2, 0) is 6.54 Å². The van der Waals surface area contributed by atoms with Gasteiger partial charge in [0.25, 0.3) is 5.91 Å². The molecule has 1 aromatic carbocycles. The van der Waals surface area contributed by atoms with Gasteiger partial charge in [-0.25, -0.2) is 0 Å². The zero-order valence-electron chi connectivity index (χ0n) is 8.62. The highest BCUT2D eigenvalue weighted by atomic mass is 19.4. The molecule has 0 fully saturated rings. The van der Waals surface area contributed by atoms with Crippen LogP contribution in [0, 0.1) is 4.91 Å². The van der Waals surface area contributed by atoms with E-state index >= 15 is 0 Å². The molecule has 0 saturated heterocycles. The summed E-state index contributed by atoms with van der Waals surface area (Å²) in [4.78, 5) is 21.2. The molecule has 0 spiro atoms. The predicted molar refractivity (Wildman–Crippen MR) is 54.3 cm³/mol. The van der Waals surface area contributed by atoms with Gasteiger partial charge in [0.1, 0.15) is 13.1 Å². The number of amides is 1. The van der Waals surface area contributed by atoms with E-state index < -0.39 is 18.6 Å². The maximum atomic E-state index is 11.8. The highest BCUT2D eigenvalue weighted by Crippen LogP contribution is 2.13. The highest BCUT2D eigenvalue weighted by molar-refractivity contribution is 5.94. The highest BCUT2D eigenvalue weighted by Gasteiger charge is 2.27. The summed E-state index contributed by atoms with van der Waals surface area (Å²) < 4.78 is 35.5. The molecule has 0 aromatic heterocycles. The number of hydrogen-bond acceptors (Lipinski definition) is 3. The maximum Gasteiger partial charge on any atom is 0.405 e. The molecule has 0 aliphatic rings. The smallest absolute Gasteiger partial charge is 0.343 e. The molecule has 0 bridgehead atoms. The second kappa shape index (κ2) is 5.42. The number of rotatable bonds is 4. The molecule has 0 atom stereocenters. The molecule has 17 heavy (non-hydrogen) atoms. The number of hydrogen-bond donors (Lipinski definition) is 1. The summed E-state index contributed by atoms with van der Waals surface area (Å²) in [5.74, 6) is -0.812. The van der Waals surface area contributed by atoms with E-state index in [1.165, 1.54) is 24.3 Å². The van der Waals surface area contributed by atoms with Crippen LogP contribution >= 0.6 is 0 Å². The molecule has 0 heterocycles. The zero-order valence-corrected chi connectivity index (χ0v) is 8.62. The first-order valence-electron chi connectivity index (χ1n) is 4.65. The number of nitrogens with zero attached hydrogens (tertiary/aromatic N) is 1. The number of halogens is 3. The second-order valence-electron chi connectivity index (χ2n) is 3.28. The van der Waals surface area contributed by atoms with Gasteiger partial charge in [-0.15, -0.1) is 0 Å². The molecular formula is C10H9F3N2O2. The fourth-order valence-electron chi connectivity index (χ4n) is 1.12. The molecule has 1 aromatic rings. The number of nitroso groups, excluding NO2 is 1. The lowest BCUT2D eigenvalue weighted by atomic mass is 10.1. The van der Waals surface area contributed by atoms with Crippen LogP contribution in [0.5, 0.6) is 0 Å². The molecule has 1 N–H and O–H groups in total. The third-order valence-electron chi connectivity index (χ3n) is 1.91. The Morgan fingerprint density at radius 2 is 1.82 bits per heavy atom. The van der Waals surface area contributed by atoms with Crippen molar-refractivity contribution in [2.45, 2.75) is 12.7 Å². The lowest BCUT2D eigenvalue weighted by Gasteiger charge is -2.08. The molecule has 92 valence electrons. The Balaban J connectivity index is 2.60. The van der Waals surface area contributed by atoms with Crippen molar-refractivity contribution in [1.82, 2.24) is 5.32 Å². The van der Waals surface area contributed by atoms with Gasteiger partial charge in [0.15, 0.2) is 0 Å². The molecule has 0 aliphatic carbocycles. The van der Waals surface area contributed by atoms with Crippen molar-refractivity contribution in [3.8, 4) is 0 Å². The topological polar surface area (TPSA) is 58.5 Å². The summed E-state index contributed by atoms with van der Waals surface area (Å²) >= 11 is 0. The van der Waals surface area contributed by atoms with E-state index in [0.717, 1.165) is 0 Å². The number of carbonyl (C=O) groups is 1. The van der Waals surface area contributed by atoms with Crippen molar-refractivity contribution in [3.05, 3.63) is 40.3 Å². The average molecular weight is 246 g/mol. The lowest BCUT2D eigenvalue weighted by molar-refractivity contribution is -0.123. The number of benzene rings is 1. The van der Waals surface area contributed by atoms with Gasteiger partial charge in [-0.3, -0.25) is 4.79 Å². The van der Waals surface area contributed by atoms with Crippen molar-refractivity contribution >= 4 is 5.91 Å². The van der Waals surface area contributed by atoms with Gasteiger partial charge in [0, 0.05) is 5.56 Å². The van der Waals surface area contributed by atoms with E-state index in [1.54, 1.807) is 5.32 Å². The van der Waals surface area contributed by atoms with E-state index in [0.29, 0.717) is 5.56 Å². The molecule has 0 unspecified atom stereocenters. The molecule has 1 rings (SSSR count). The largest absolute Gasteiger partial charge is 0.405 e. The van der Waals surface area contributed by atoms with Gasteiger partial charge >= 0.3 is 6.18 Å². The summed E-state index contributed by atoms with van der Waals surface area (Å²) in [6.07, 6.45) is -4.43. The minimum Gasteiger partial charge on any atom is -0.343 e. The molecule has 4 nitrogen and oxygen atoms in total. The monoisotopic (exact) mass is 246 g/mol. The summed E-state index contributed by atoms with van der Waals surface area (Å²) in [5, 5.41) is 4.39. The number of carbonyl (C=O) groups excluding carboxylic acids is 1. The van der Waals surface area contributed by atoms with Gasteiger partial charge in [0.2, 0.25) is 0 Å². The maximum absolute atomic E-state index is 11.8. The molecule has 7 heteroatoms. The van der Waals surface area contributed by atoms with Crippen molar-refractivity contribution in [2.75, 3.05) is 6.54 Å². The first kappa shape index (κ1) is 13.1. The van der Waals surface area contributed by atoms with E-state index in [9.17, 15) is 22.9 Å². The average Bonchev–Trinajstić information content (AvgIpc) is 2.26. The Morgan fingerprint density at radius 1 is 1.24 bits per heavy atom. The molecule has 0 radical (unpaired) electrons. The zero-order chi connectivity index (χ0) is 12.9. The van der Waals surface area contributed by atoms with Crippen LogP contribution in [0.25, 0.3) is 0 Å². The Kier molecular flexibility index (Phi) is 4.19. The van der Waals surface area contributed by atoms with E-state index in [4.69, 9.17) is 0 Å². The predicted octanol–water partition coefficient (Wildman–Crippen LogP) is 2.25. The van der Waals surface area contributed by atoms with Crippen LogP contribution in [0.2, 0.25) is 0 Å². The van der Waals surface area contributed by atoms with Crippen molar-refractivity contribution in [3.63, 3.8) is 0 Å². The Labute approximate surface area is 94.8 Å². The van der Waals surface area contributed by atoms with Gasteiger partial charge in [0.05, 0.1) is 0 Å². The van der Waals surface area contributed by atoms with Crippen LogP contribution in [0.3, 0.4) is 0 Å². The summed E-state index contributed by atoms with van der Waals surface area (Å²) in [6.45, 7) is -1.41. The fraction of sp³-hybridized carbons (Fsp3) is 0.300. The fourth-order valence-corrected chi connectivity index (χ4v) is 1.12. The van der Waals surface area contributed by atoms with Crippen LogP contribution in [0.15, 0.2) is 29.4 Å². The van der Waals surface area contributed by atoms with Crippen LogP contribution < -0.4 is 5.32 Å². The summed E-state index contributed by atoms with van der Waals surface area (Å²) in [7, 11) is 0. The van der Waals surface area contributed by atoms with E-state index in [1.807, 2.05) is 0 Å². The van der Waals surface area contributed by atoms with Gasteiger partial charge in [-0.2, -0.15) is 18.1 Å². The molecule has 0 saturated carbocycles. The van der Waals surface area contributed by atoms with Crippen LogP contribution in [-0.4, -0.2) is 18.6 Å². The molecule has 0 aliphatic heterocycles. The number of nitrogens with one attached hydrogen (secondary N) is 1. The van der Waals surface area contributed by atoms with Crippen molar-refractivity contribution < 1.29 is 18.0 Å². The van der Waals surface area contributed by atoms with E-state index in [-0.39, 0.29) is 12.1 Å². The van der Waals surface area contributed by atoms with Crippen LogP contribution in [0.1, 0.15) is 15.9 Å². The van der Waals surface area contributed by atoms with Crippen molar-refractivity contribution in [1.29, 1.82) is 0 Å². The van der Waals surface area contributed by atoms with E-state index in [2.05, 4.69) is 5.18 Å². The Bertz CT molecular complexity index is 401. The second-order valence-corrected chi connectivity index (χ2v) is 3.28.